The summed E-state index contributed by atoms with van der Waals surface area (Å²) in [7, 11) is 1.87. The Morgan fingerprint density at radius 1 is 1.41 bits per heavy atom. The third-order valence-electron chi connectivity index (χ3n) is 4.61. The fourth-order valence-electron chi connectivity index (χ4n) is 2.97. The van der Waals surface area contributed by atoms with Crippen LogP contribution in [0.4, 0.5) is 5.82 Å². The molecular formula is C17H22N4O. The Kier molecular flexibility index (Phi) is 4.02. The van der Waals surface area contributed by atoms with E-state index in [0.29, 0.717) is 30.1 Å². The molecule has 0 N–H and O–H groups in total. The summed E-state index contributed by atoms with van der Waals surface area (Å²) in [5.74, 6) is 1.61. The molecule has 0 bridgehead atoms. The Balaban J connectivity index is 1.64. The number of likely N-dealkylation sites (N-methyl/N-ethyl adjacent to an activating group) is 1. The van der Waals surface area contributed by atoms with Crippen LogP contribution in [0.5, 0.6) is 0 Å². The van der Waals surface area contributed by atoms with Gasteiger partial charge in [-0.1, -0.05) is 0 Å². The lowest BCUT2D eigenvalue weighted by atomic mass is 10.1. The molecule has 1 amide bonds. The summed E-state index contributed by atoms with van der Waals surface area (Å²) < 4.78 is 0. The number of nitriles is 1. The van der Waals surface area contributed by atoms with E-state index in [1.165, 1.54) is 12.8 Å². The van der Waals surface area contributed by atoms with Gasteiger partial charge in [0.05, 0.1) is 12.1 Å². The summed E-state index contributed by atoms with van der Waals surface area (Å²) in [6, 6.07) is 6.39. The van der Waals surface area contributed by atoms with Gasteiger partial charge in [-0.25, -0.2) is 4.98 Å². The number of carbonyl (C=O) groups is 1. The number of hydrogen-bond donors (Lipinski definition) is 0. The second kappa shape index (κ2) is 5.96. The van der Waals surface area contributed by atoms with Crippen LogP contribution in [0.2, 0.25) is 0 Å². The van der Waals surface area contributed by atoms with E-state index >= 15 is 0 Å². The molecule has 2 saturated carbocycles. The Morgan fingerprint density at radius 3 is 2.64 bits per heavy atom. The summed E-state index contributed by atoms with van der Waals surface area (Å²) in [4.78, 5) is 20.9. The zero-order valence-electron chi connectivity index (χ0n) is 13.2. The smallest absolute Gasteiger partial charge is 0.242 e. The third-order valence-corrected chi connectivity index (χ3v) is 4.61. The second-order valence-electron chi connectivity index (χ2n) is 6.48. The molecule has 5 nitrogen and oxygen atoms in total. The first-order valence-electron chi connectivity index (χ1n) is 7.98. The fraction of sp³-hybridized carbons (Fsp3) is 0.588. The number of aromatic nitrogens is 1. The predicted molar refractivity (Wildman–Crippen MR) is 84.3 cm³/mol. The third kappa shape index (κ3) is 3.22. The van der Waals surface area contributed by atoms with Gasteiger partial charge >= 0.3 is 0 Å². The Labute approximate surface area is 131 Å². The van der Waals surface area contributed by atoms with Crippen molar-refractivity contribution in [3.05, 3.63) is 23.9 Å². The molecule has 0 aliphatic heterocycles. The van der Waals surface area contributed by atoms with Crippen LogP contribution >= 0.6 is 0 Å². The number of amides is 1. The Bertz CT molecular complexity index is 584. The minimum absolute atomic E-state index is 0.190. The highest BCUT2D eigenvalue weighted by Crippen LogP contribution is 2.39. The van der Waals surface area contributed by atoms with E-state index in [1.807, 2.05) is 11.9 Å². The summed E-state index contributed by atoms with van der Waals surface area (Å²) in [5, 5.41) is 8.81. The molecular weight excluding hydrogens is 276 g/mol. The molecule has 0 unspecified atom stereocenters. The largest absolute Gasteiger partial charge is 0.350 e. The van der Waals surface area contributed by atoms with Crippen LogP contribution in [0, 0.1) is 17.2 Å². The maximum atomic E-state index is 12.7. The zero-order chi connectivity index (χ0) is 15.7. The molecule has 3 rings (SSSR count). The van der Waals surface area contributed by atoms with Crippen LogP contribution < -0.4 is 4.90 Å². The zero-order valence-corrected chi connectivity index (χ0v) is 13.2. The summed E-state index contributed by atoms with van der Waals surface area (Å²) >= 11 is 0. The summed E-state index contributed by atoms with van der Waals surface area (Å²) in [6.45, 7) is 2.53. The molecule has 0 aromatic carbocycles. The van der Waals surface area contributed by atoms with Gasteiger partial charge in [-0.3, -0.25) is 4.79 Å². The molecule has 0 radical (unpaired) electrons. The molecule has 0 saturated heterocycles. The number of carbonyl (C=O) groups excluding carboxylic acids is 1. The van der Waals surface area contributed by atoms with Gasteiger partial charge in [0.25, 0.3) is 0 Å². The lowest BCUT2D eigenvalue weighted by molar-refractivity contribution is -0.132. The minimum Gasteiger partial charge on any atom is -0.350 e. The first-order valence-corrected chi connectivity index (χ1v) is 7.98. The molecule has 1 aromatic rings. The van der Waals surface area contributed by atoms with Gasteiger partial charge in [0.15, 0.2) is 0 Å². The van der Waals surface area contributed by atoms with Crippen molar-refractivity contribution in [2.75, 3.05) is 18.5 Å². The average molecular weight is 298 g/mol. The van der Waals surface area contributed by atoms with E-state index in [9.17, 15) is 4.79 Å². The fourth-order valence-corrected chi connectivity index (χ4v) is 2.97. The van der Waals surface area contributed by atoms with Crippen molar-refractivity contribution in [1.29, 1.82) is 5.26 Å². The molecule has 1 aromatic heterocycles. The van der Waals surface area contributed by atoms with E-state index in [0.717, 1.165) is 18.7 Å². The monoisotopic (exact) mass is 298 g/mol. The van der Waals surface area contributed by atoms with Gasteiger partial charge in [0.1, 0.15) is 11.9 Å². The van der Waals surface area contributed by atoms with Crippen molar-refractivity contribution in [2.45, 2.75) is 44.7 Å². The highest BCUT2D eigenvalue weighted by molar-refractivity contribution is 5.82. The molecule has 1 atom stereocenters. The highest BCUT2D eigenvalue weighted by atomic mass is 16.2. The lowest BCUT2D eigenvalue weighted by Gasteiger charge is -2.31. The number of hydrogen-bond acceptors (Lipinski definition) is 4. The van der Waals surface area contributed by atoms with E-state index in [1.54, 1.807) is 18.3 Å². The van der Waals surface area contributed by atoms with Gasteiger partial charge < -0.3 is 9.80 Å². The molecule has 2 aliphatic rings. The van der Waals surface area contributed by atoms with Crippen molar-refractivity contribution in [1.82, 2.24) is 9.88 Å². The molecule has 5 heteroatoms. The van der Waals surface area contributed by atoms with Crippen LogP contribution in [0.3, 0.4) is 0 Å². The van der Waals surface area contributed by atoms with Crippen molar-refractivity contribution < 1.29 is 4.79 Å². The van der Waals surface area contributed by atoms with Gasteiger partial charge in [-0.05, 0) is 50.7 Å². The van der Waals surface area contributed by atoms with E-state index < -0.39 is 0 Å². The van der Waals surface area contributed by atoms with Crippen LogP contribution in [0.25, 0.3) is 0 Å². The molecule has 2 aliphatic carbocycles. The summed E-state index contributed by atoms with van der Waals surface area (Å²) in [6.07, 6.45) is 6.33. The minimum atomic E-state index is 0.190. The number of anilines is 1. The molecule has 116 valence electrons. The lowest BCUT2D eigenvalue weighted by Crippen LogP contribution is -2.46. The molecule has 0 spiro atoms. The van der Waals surface area contributed by atoms with Crippen LogP contribution in [0.15, 0.2) is 18.3 Å². The Hall–Kier alpha value is -2.09. The highest BCUT2D eigenvalue weighted by Gasteiger charge is 2.41. The second-order valence-corrected chi connectivity index (χ2v) is 6.48. The van der Waals surface area contributed by atoms with Crippen LogP contribution in [0.1, 0.15) is 38.2 Å². The topological polar surface area (TPSA) is 60.2 Å². The van der Waals surface area contributed by atoms with E-state index in [-0.39, 0.29) is 5.91 Å². The first-order chi connectivity index (χ1) is 10.6. The van der Waals surface area contributed by atoms with Gasteiger partial charge in [0, 0.05) is 25.3 Å². The van der Waals surface area contributed by atoms with Crippen molar-refractivity contribution in [2.24, 2.45) is 5.92 Å². The van der Waals surface area contributed by atoms with Gasteiger partial charge in [-0.15, -0.1) is 0 Å². The predicted octanol–water partition coefficient (Wildman–Crippen LogP) is 2.18. The van der Waals surface area contributed by atoms with Crippen molar-refractivity contribution in [3.8, 4) is 6.07 Å². The normalized spacial score (nSPS) is 18.4. The summed E-state index contributed by atoms with van der Waals surface area (Å²) in [5.41, 5.74) is 0.533. The molecule has 2 fully saturated rings. The number of rotatable bonds is 6. The van der Waals surface area contributed by atoms with Gasteiger partial charge in [-0.2, -0.15) is 5.26 Å². The average Bonchev–Trinajstić information content (AvgIpc) is 3.39. The number of pyridine rings is 1. The molecule has 22 heavy (non-hydrogen) atoms. The van der Waals surface area contributed by atoms with Gasteiger partial charge in [0.2, 0.25) is 5.91 Å². The quantitative estimate of drug-likeness (QED) is 0.807. The van der Waals surface area contributed by atoms with E-state index in [2.05, 4.69) is 22.9 Å². The van der Waals surface area contributed by atoms with Crippen LogP contribution in [-0.2, 0) is 4.79 Å². The maximum absolute atomic E-state index is 12.7. The van der Waals surface area contributed by atoms with Crippen LogP contribution in [-0.4, -0.2) is 41.5 Å². The maximum Gasteiger partial charge on any atom is 0.242 e. The standard InChI is InChI=1S/C17H22N4O/c1-12(14-4-5-14)21(15-6-7-15)17(22)11-20(2)16-8-3-13(9-18)10-19-16/h3,8,10,12,14-15H,4-7,11H2,1-2H3/t12-/m0/s1. The number of nitrogens with zero attached hydrogens (tertiary/aromatic N) is 4. The SMILES string of the molecule is C[C@@H](C1CC1)N(C(=O)CN(C)c1ccc(C#N)cn1)C1CC1. The Morgan fingerprint density at radius 2 is 2.14 bits per heavy atom. The molecule has 1 heterocycles. The first kappa shape index (κ1) is 14.8. The van der Waals surface area contributed by atoms with Crippen molar-refractivity contribution in [3.63, 3.8) is 0 Å². The van der Waals surface area contributed by atoms with Crippen molar-refractivity contribution >= 4 is 11.7 Å². The van der Waals surface area contributed by atoms with E-state index in [4.69, 9.17) is 5.26 Å².